The molecule has 3 aliphatic heterocycles. The molecule has 1 aromatic carbocycles. The highest BCUT2D eigenvalue weighted by Gasteiger charge is 2.44. The molecule has 1 atom stereocenters. The predicted octanol–water partition coefficient (Wildman–Crippen LogP) is 4.13. The molecular formula is C23H33F2N3. The Balaban J connectivity index is 1.15. The van der Waals surface area contributed by atoms with Gasteiger partial charge in [-0.25, -0.2) is 8.78 Å². The average molecular weight is 390 g/mol. The third kappa shape index (κ3) is 3.93. The van der Waals surface area contributed by atoms with Crippen LogP contribution in [0.5, 0.6) is 0 Å². The zero-order valence-corrected chi connectivity index (χ0v) is 16.9. The Labute approximate surface area is 167 Å². The zero-order chi connectivity index (χ0) is 19.1. The summed E-state index contributed by atoms with van der Waals surface area (Å²) < 4.78 is 26.8. The summed E-state index contributed by atoms with van der Waals surface area (Å²) in [6.07, 6.45) is 9.28. The first-order valence-electron chi connectivity index (χ1n) is 11.3. The highest BCUT2D eigenvalue weighted by molar-refractivity contribution is 5.47. The van der Waals surface area contributed by atoms with Gasteiger partial charge in [-0.1, -0.05) is 0 Å². The number of benzene rings is 1. The number of halogens is 2. The molecule has 0 bridgehead atoms. The van der Waals surface area contributed by atoms with Gasteiger partial charge in [0.2, 0.25) is 0 Å². The zero-order valence-electron chi connectivity index (χ0n) is 16.9. The SMILES string of the molecule is Fc1ccc(N2CCC(N3CCC4(CCCN(CC5CC5)C4)C3)CC2)cc1F. The van der Waals surface area contributed by atoms with Crippen LogP contribution in [-0.4, -0.2) is 61.7 Å². The van der Waals surface area contributed by atoms with Gasteiger partial charge in [0.15, 0.2) is 11.6 Å². The number of hydrogen-bond donors (Lipinski definition) is 0. The molecule has 28 heavy (non-hydrogen) atoms. The van der Waals surface area contributed by atoms with Gasteiger partial charge in [-0.15, -0.1) is 0 Å². The lowest BCUT2D eigenvalue weighted by atomic mass is 9.79. The Morgan fingerprint density at radius 2 is 1.71 bits per heavy atom. The first-order valence-corrected chi connectivity index (χ1v) is 11.3. The fraction of sp³-hybridized carbons (Fsp3) is 0.739. The minimum absolute atomic E-state index is 0.532. The minimum atomic E-state index is -0.760. The van der Waals surface area contributed by atoms with Crippen molar-refractivity contribution in [2.75, 3.05) is 50.7 Å². The van der Waals surface area contributed by atoms with Crippen LogP contribution in [0.4, 0.5) is 14.5 Å². The van der Waals surface area contributed by atoms with Crippen LogP contribution in [0.15, 0.2) is 18.2 Å². The van der Waals surface area contributed by atoms with Crippen LogP contribution in [0.1, 0.15) is 44.9 Å². The molecule has 0 radical (unpaired) electrons. The van der Waals surface area contributed by atoms with Gasteiger partial charge < -0.3 is 9.80 Å². The van der Waals surface area contributed by atoms with E-state index in [1.54, 1.807) is 6.07 Å². The summed E-state index contributed by atoms with van der Waals surface area (Å²) in [7, 11) is 0. The molecule has 5 heteroatoms. The molecule has 1 spiro atoms. The first-order chi connectivity index (χ1) is 13.6. The van der Waals surface area contributed by atoms with Crippen molar-refractivity contribution in [3.63, 3.8) is 0 Å². The van der Waals surface area contributed by atoms with Crippen molar-refractivity contribution in [2.24, 2.45) is 11.3 Å². The summed E-state index contributed by atoms with van der Waals surface area (Å²) in [5.74, 6) is -0.508. The Morgan fingerprint density at radius 1 is 0.893 bits per heavy atom. The van der Waals surface area contributed by atoms with E-state index in [4.69, 9.17) is 0 Å². The third-order valence-electron chi connectivity index (χ3n) is 7.67. The van der Waals surface area contributed by atoms with E-state index >= 15 is 0 Å². The molecule has 1 saturated carbocycles. The molecule has 0 aromatic heterocycles. The van der Waals surface area contributed by atoms with E-state index in [1.807, 2.05) is 0 Å². The van der Waals surface area contributed by atoms with Crippen LogP contribution in [0, 0.1) is 23.0 Å². The number of nitrogens with zero attached hydrogens (tertiary/aromatic N) is 3. The van der Waals surface area contributed by atoms with Crippen molar-refractivity contribution in [3.8, 4) is 0 Å². The molecular weight excluding hydrogens is 356 g/mol. The summed E-state index contributed by atoms with van der Waals surface area (Å²) in [6, 6.07) is 4.95. The summed E-state index contributed by atoms with van der Waals surface area (Å²) in [4.78, 5) is 7.72. The average Bonchev–Trinajstić information content (AvgIpc) is 3.43. The van der Waals surface area contributed by atoms with Crippen LogP contribution in [0.25, 0.3) is 0 Å². The Kier molecular flexibility index (Phi) is 5.08. The lowest BCUT2D eigenvalue weighted by Gasteiger charge is -2.42. The van der Waals surface area contributed by atoms with Crippen LogP contribution in [0.2, 0.25) is 0 Å². The van der Waals surface area contributed by atoms with E-state index in [0.717, 1.165) is 37.5 Å². The molecule has 3 saturated heterocycles. The van der Waals surface area contributed by atoms with Gasteiger partial charge in [0.1, 0.15) is 0 Å². The highest BCUT2D eigenvalue weighted by Crippen LogP contribution is 2.42. The number of anilines is 1. The molecule has 1 aliphatic carbocycles. The first kappa shape index (κ1) is 18.8. The Hall–Kier alpha value is -1.20. The van der Waals surface area contributed by atoms with Gasteiger partial charge in [0.05, 0.1) is 0 Å². The lowest BCUT2D eigenvalue weighted by Crippen LogP contribution is -2.48. The Bertz CT molecular complexity index is 699. The smallest absolute Gasteiger partial charge is 0.160 e. The van der Waals surface area contributed by atoms with Crippen LogP contribution in [0.3, 0.4) is 0 Å². The second kappa shape index (κ2) is 7.56. The summed E-state index contributed by atoms with van der Waals surface area (Å²) in [5.41, 5.74) is 1.35. The normalized spacial score (nSPS) is 30.4. The fourth-order valence-corrected chi connectivity index (χ4v) is 5.92. The summed E-state index contributed by atoms with van der Waals surface area (Å²) in [6.45, 7) is 8.35. The van der Waals surface area contributed by atoms with Crippen molar-refractivity contribution < 1.29 is 8.78 Å². The molecule has 0 amide bonds. The minimum Gasteiger partial charge on any atom is -0.371 e. The van der Waals surface area contributed by atoms with E-state index in [0.29, 0.717) is 11.5 Å². The van der Waals surface area contributed by atoms with Crippen molar-refractivity contribution in [2.45, 2.75) is 51.0 Å². The molecule has 4 fully saturated rings. The molecule has 1 aromatic rings. The summed E-state index contributed by atoms with van der Waals surface area (Å²) >= 11 is 0. The van der Waals surface area contributed by atoms with Gasteiger partial charge in [-0.2, -0.15) is 0 Å². The standard InChI is InChI=1S/C23H33F2N3/c24-21-5-4-20(14-22(21)25)27-11-6-19(7-12-27)28-13-9-23(17-28)8-1-10-26(16-23)15-18-2-3-18/h4-5,14,18-19H,1-3,6-13,15-17H2. The van der Waals surface area contributed by atoms with Crippen LogP contribution in [-0.2, 0) is 0 Å². The third-order valence-corrected chi connectivity index (χ3v) is 7.67. The van der Waals surface area contributed by atoms with E-state index in [9.17, 15) is 8.78 Å². The van der Waals surface area contributed by atoms with E-state index in [-0.39, 0.29) is 0 Å². The van der Waals surface area contributed by atoms with Crippen molar-refractivity contribution in [3.05, 3.63) is 29.8 Å². The summed E-state index contributed by atoms with van der Waals surface area (Å²) in [5, 5.41) is 0. The van der Waals surface area contributed by atoms with Crippen molar-refractivity contribution in [1.29, 1.82) is 0 Å². The number of rotatable bonds is 4. The quantitative estimate of drug-likeness (QED) is 0.767. The van der Waals surface area contributed by atoms with Crippen molar-refractivity contribution in [1.82, 2.24) is 9.80 Å². The molecule has 3 heterocycles. The topological polar surface area (TPSA) is 9.72 Å². The van der Waals surface area contributed by atoms with Gasteiger partial charge in [0, 0.05) is 50.5 Å². The molecule has 3 nitrogen and oxygen atoms in total. The second-order valence-corrected chi connectivity index (χ2v) is 9.82. The fourth-order valence-electron chi connectivity index (χ4n) is 5.92. The van der Waals surface area contributed by atoms with E-state index in [2.05, 4.69) is 14.7 Å². The molecule has 0 N–H and O–H groups in total. The largest absolute Gasteiger partial charge is 0.371 e. The highest BCUT2D eigenvalue weighted by atomic mass is 19.2. The van der Waals surface area contributed by atoms with Crippen LogP contribution >= 0.6 is 0 Å². The predicted molar refractivity (Wildman–Crippen MR) is 109 cm³/mol. The maximum absolute atomic E-state index is 13.6. The Morgan fingerprint density at radius 3 is 2.46 bits per heavy atom. The maximum atomic E-state index is 13.6. The van der Waals surface area contributed by atoms with E-state index in [1.165, 1.54) is 77.0 Å². The number of piperidine rings is 2. The maximum Gasteiger partial charge on any atom is 0.160 e. The number of likely N-dealkylation sites (tertiary alicyclic amines) is 2. The molecule has 1 unspecified atom stereocenters. The van der Waals surface area contributed by atoms with Crippen LogP contribution < -0.4 is 4.90 Å². The molecule has 154 valence electrons. The monoisotopic (exact) mass is 389 g/mol. The van der Waals surface area contributed by atoms with Gasteiger partial charge in [0.25, 0.3) is 0 Å². The second-order valence-electron chi connectivity index (χ2n) is 9.82. The van der Waals surface area contributed by atoms with Gasteiger partial charge >= 0.3 is 0 Å². The number of hydrogen-bond acceptors (Lipinski definition) is 3. The van der Waals surface area contributed by atoms with E-state index < -0.39 is 11.6 Å². The lowest BCUT2D eigenvalue weighted by molar-refractivity contribution is 0.0805. The molecule has 5 rings (SSSR count). The van der Waals surface area contributed by atoms with Gasteiger partial charge in [-0.3, -0.25) is 4.90 Å². The van der Waals surface area contributed by atoms with Gasteiger partial charge in [-0.05, 0) is 81.5 Å². The molecule has 4 aliphatic rings. The van der Waals surface area contributed by atoms with Crippen molar-refractivity contribution >= 4 is 5.69 Å².